The molecule has 1 amide bonds. The second-order valence-electron chi connectivity index (χ2n) is 7.22. The fourth-order valence-electron chi connectivity index (χ4n) is 3.55. The number of pyridine rings is 1. The maximum Gasteiger partial charge on any atom is 0.230 e. The molecule has 30 heavy (non-hydrogen) atoms. The number of furan rings is 1. The molecule has 0 atom stereocenters. The van der Waals surface area contributed by atoms with E-state index in [-0.39, 0.29) is 11.7 Å². The lowest BCUT2D eigenvalue weighted by atomic mass is 9.95. The van der Waals surface area contributed by atoms with Gasteiger partial charge in [-0.2, -0.15) is 5.26 Å². The largest absolute Gasteiger partial charge is 0.464 e. The lowest BCUT2D eigenvalue weighted by molar-refractivity contribution is -0.118. The van der Waals surface area contributed by atoms with Crippen molar-refractivity contribution >= 4 is 17.7 Å². The van der Waals surface area contributed by atoms with E-state index < -0.39 is 0 Å². The highest BCUT2D eigenvalue weighted by atomic mass is 32.2. The van der Waals surface area contributed by atoms with Gasteiger partial charge in [0.15, 0.2) is 0 Å². The molecule has 7 heteroatoms. The highest BCUT2D eigenvalue weighted by molar-refractivity contribution is 8.00. The first-order valence-corrected chi connectivity index (χ1v) is 10.8. The zero-order valence-corrected chi connectivity index (χ0v) is 17.5. The summed E-state index contributed by atoms with van der Waals surface area (Å²) in [6.07, 6.45) is 2.42. The second-order valence-corrected chi connectivity index (χ2v) is 8.18. The van der Waals surface area contributed by atoms with Gasteiger partial charge in [-0.05, 0) is 24.7 Å². The van der Waals surface area contributed by atoms with Crippen LogP contribution in [0.4, 0.5) is 0 Å². The summed E-state index contributed by atoms with van der Waals surface area (Å²) in [6, 6.07) is 15.8. The van der Waals surface area contributed by atoms with Crippen LogP contribution in [0.5, 0.6) is 0 Å². The van der Waals surface area contributed by atoms with Crippen LogP contribution in [0.25, 0.3) is 11.3 Å². The normalized spacial score (nSPS) is 13.5. The van der Waals surface area contributed by atoms with Crippen molar-refractivity contribution in [2.75, 3.05) is 19.3 Å². The lowest BCUT2D eigenvalue weighted by Crippen LogP contribution is -2.28. The number of hydrogen-bond acceptors (Lipinski definition) is 6. The topological polar surface area (TPSA) is 82.2 Å². The second kappa shape index (κ2) is 9.16. The Kier molecular flexibility index (Phi) is 6.17. The standard InChI is InChI=1S/C23H22N4O2S/c1-27-10-9-19-18(14-27)22(20-8-5-11-29-20)17(12-24)23(26-19)30-15-21(28)25-13-16-6-3-2-4-7-16/h2-8,11H,9-10,13-15H2,1H3,(H,25,28). The molecule has 1 aromatic carbocycles. The van der Waals surface area contributed by atoms with Crippen LogP contribution in [0.3, 0.4) is 0 Å². The summed E-state index contributed by atoms with van der Waals surface area (Å²) >= 11 is 1.30. The Morgan fingerprint density at radius 2 is 2.13 bits per heavy atom. The zero-order valence-electron chi connectivity index (χ0n) is 16.7. The van der Waals surface area contributed by atoms with Crippen LogP contribution in [0.2, 0.25) is 0 Å². The van der Waals surface area contributed by atoms with E-state index >= 15 is 0 Å². The van der Waals surface area contributed by atoms with Gasteiger partial charge in [-0.3, -0.25) is 4.79 Å². The number of thioether (sulfide) groups is 1. The fraction of sp³-hybridized carbons (Fsp3) is 0.261. The molecule has 0 radical (unpaired) electrons. The van der Waals surface area contributed by atoms with Crippen LogP contribution in [-0.4, -0.2) is 35.1 Å². The molecule has 152 valence electrons. The molecule has 6 nitrogen and oxygen atoms in total. The molecule has 0 spiro atoms. The Bertz CT molecular complexity index is 1070. The van der Waals surface area contributed by atoms with Gasteiger partial charge in [-0.25, -0.2) is 4.98 Å². The summed E-state index contributed by atoms with van der Waals surface area (Å²) in [5, 5.41) is 13.4. The lowest BCUT2D eigenvalue weighted by Gasteiger charge is -2.27. The summed E-state index contributed by atoms with van der Waals surface area (Å²) in [6.45, 7) is 2.10. The molecule has 3 heterocycles. The van der Waals surface area contributed by atoms with Gasteiger partial charge >= 0.3 is 0 Å². The van der Waals surface area contributed by atoms with Crippen molar-refractivity contribution in [3.05, 3.63) is 71.1 Å². The SMILES string of the molecule is CN1CCc2nc(SCC(=O)NCc3ccccc3)c(C#N)c(-c3ccco3)c2C1. The number of nitrogens with zero attached hydrogens (tertiary/aromatic N) is 3. The summed E-state index contributed by atoms with van der Waals surface area (Å²) in [7, 11) is 2.06. The Balaban J connectivity index is 1.57. The molecule has 0 fully saturated rings. The zero-order chi connectivity index (χ0) is 20.9. The van der Waals surface area contributed by atoms with Crippen LogP contribution in [0.15, 0.2) is 58.2 Å². The third-order valence-electron chi connectivity index (χ3n) is 5.06. The van der Waals surface area contributed by atoms with E-state index in [0.717, 1.165) is 41.9 Å². The maximum absolute atomic E-state index is 12.4. The number of amides is 1. The summed E-state index contributed by atoms with van der Waals surface area (Å²) in [4.78, 5) is 19.3. The third-order valence-corrected chi connectivity index (χ3v) is 6.04. The van der Waals surface area contributed by atoms with Gasteiger partial charge < -0.3 is 14.6 Å². The van der Waals surface area contributed by atoms with Crippen LogP contribution < -0.4 is 5.32 Å². The molecule has 3 aromatic rings. The number of benzene rings is 1. The van der Waals surface area contributed by atoms with E-state index in [2.05, 4.69) is 23.3 Å². The van der Waals surface area contributed by atoms with Crippen molar-refractivity contribution in [3.63, 3.8) is 0 Å². The molecule has 2 aromatic heterocycles. The molecule has 1 aliphatic heterocycles. The van der Waals surface area contributed by atoms with Gasteiger partial charge in [-0.1, -0.05) is 42.1 Å². The van der Waals surface area contributed by atoms with E-state index in [1.807, 2.05) is 42.5 Å². The van der Waals surface area contributed by atoms with Gasteiger partial charge in [0, 0.05) is 42.9 Å². The fourth-order valence-corrected chi connectivity index (χ4v) is 4.39. The number of rotatable bonds is 6. The van der Waals surface area contributed by atoms with Crippen molar-refractivity contribution in [1.29, 1.82) is 5.26 Å². The minimum absolute atomic E-state index is 0.0912. The molecule has 0 bridgehead atoms. The maximum atomic E-state index is 12.4. The van der Waals surface area contributed by atoms with Crippen molar-refractivity contribution in [2.24, 2.45) is 0 Å². The quantitative estimate of drug-likeness (QED) is 0.616. The first-order valence-electron chi connectivity index (χ1n) is 9.77. The van der Waals surface area contributed by atoms with Gasteiger partial charge in [-0.15, -0.1) is 0 Å². The predicted molar refractivity (Wildman–Crippen MR) is 116 cm³/mol. The molecule has 0 unspecified atom stereocenters. The van der Waals surface area contributed by atoms with Crippen LogP contribution in [-0.2, 0) is 24.3 Å². The van der Waals surface area contributed by atoms with E-state index in [4.69, 9.17) is 9.40 Å². The van der Waals surface area contributed by atoms with Gasteiger partial charge in [0.05, 0.1) is 17.6 Å². The summed E-state index contributed by atoms with van der Waals surface area (Å²) in [5.74, 6) is 0.771. The monoisotopic (exact) mass is 418 g/mol. The number of fused-ring (bicyclic) bond motifs is 1. The number of nitriles is 1. The summed E-state index contributed by atoms with van der Waals surface area (Å²) < 4.78 is 5.65. The number of likely N-dealkylation sites (N-methyl/N-ethyl adjacent to an activating group) is 1. The molecule has 4 rings (SSSR count). The van der Waals surface area contributed by atoms with E-state index in [1.165, 1.54) is 11.8 Å². The van der Waals surface area contributed by atoms with Crippen molar-refractivity contribution < 1.29 is 9.21 Å². The number of nitrogens with one attached hydrogen (secondary N) is 1. The van der Waals surface area contributed by atoms with E-state index in [1.54, 1.807) is 6.26 Å². The first kappa shape index (κ1) is 20.2. The Morgan fingerprint density at radius 1 is 1.30 bits per heavy atom. The predicted octanol–water partition coefficient (Wildman–Crippen LogP) is 3.61. The highest BCUT2D eigenvalue weighted by Crippen LogP contribution is 2.37. The number of carbonyl (C=O) groups is 1. The Hall–Kier alpha value is -3.08. The van der Waals surface area contributed by atoms with Gasteiger partial charge in [0.1, 0.15) is 16.9 Å². The molecule has 1 N–H and O–H groups in total. The molecular weight excluding hydrogens is 396 g/mol. The molecule has 0 saturated carbocycles. The van der Waals surface area contributed by atoms with Crippen molar-refractivity contribution in [3.8, 4) is 17.4 Å². The smallest absolute Gasteiger partial charge is 0.230 e. The highest BCUT2D eigenvalue weighted by Gasteiger charge is 2.26. The van der Waals surface area contributed by atoms with Crippen LogP contribution >= 0.6 is 11.8 Å². The number of aromatic nitrogens is 1. The third kappa shape index (κ3) is 4.40. The van der Waals surface area contributed by atoms with Crippen molar-refractivity contribution in [1.82, 2.24) is 15.2 Å². The van der Waals surface area contributed by atoms with Gasteiger partial charge in [0.2, 0.25) is 5.91 Å². The average molecular weight is 419 g/mol. The average Bonchev–Trinajstić information content (AvgIpc) is 3.30. The van der Waals surface area contributed by atoms with Gasteiger partial charge in [0.25, 0.3) is 0 Å². The first-order chi connectivity index (χ1) is 14.7. The van der Waals surface area contributed by atoms with Crippen LogP contribution in [0, 0.1) is 11.3 Å². The molecule has 0 saturated heterocycles. The molecular formula is C23H22N4O2S. The Morgan fingerprint density at radius 3 is 2.87 bits per heavy atom. The van der Waals surface area contributed by atoms with E-state index in [9.17, 15) is 10.1 Å². The minimum atomic E-state index is -0.0912. The molecule has 1 aliphatic rings. The van der Waals surface area contributed by atoms with Crippen LogP contribution in [0.1, 0.15) is 22.4 Å². The molecule has 0 aliphatic carbocycles. The Labute approximate surface area is 179 Å². The van der Waals surface area contributed by atoms with Crippen molar-refractivity contribution in [2.45, 2.75) is 24.5 Å². The number of hydrogen-bond donors (Lipinski definition) is 1. The number of carbonyl (C=O) groups excluding carboxylic acids is 1. The van der Waals surface area contributed by atoms with E-state index in [0.29, 0.717) is 22.9 Å². The summed E-state index contributed by atoms with van der Waals surface area (Å²) in [5.41, 5.74) is 4.33. The minimum Gasteiger partial charge on any atom is -0.464 e.